The Bertz CT molecular complexity index is 246. The van der Waals surface area contributed by atoms with Gasteiger partial charge in [-0.1, -0.05) is 45.1 Å². The Kier molecular flexibility index (Phi) is 6.78. The van der Waals surface area contributed by atoms with Crippen molar-refractivity contribution in [2.75, 3.05) is 6.54 Å². The predicted molar refractivity (Wildman–Crippen MR) is 70.2 cm³/mol. The normalized spacial score (nSPS) is 14.6. The first-order valence-electron chi connectivity index (χ1n) is 5.91. The van der Waals surface area contributed by atoms with Crippen LogP contribution in [0.25, 0.3) is 0 Å². The molecule has 0 aliphatic rings. The van der Waals surface area contributed by atoms with Gasteiger partial charge in [0.2, 0.25) is 5.91 Å². The summed E-state index contributed by atoms with van der Waals surface area (Å²) in [5.74, 6) is 0.436. The highest BCUT2D eigenvalue weighted by Gasteiger charge is 2.15. The van der Waals surface area contributed by atoms with Gasteiger partial charge in [-0.15, -0.1) is 0 Å². The van der Waals surface area contributed by atoms with Crippen LogP contribution in [0, 0.1) is 11.3 Å². The van der Waals surface area contributed by atoms with Crippen LogP contribution >= 0.6 is 0 Å². The minimum absolute atomic E-state index is 0.0563. The summed E-state index contributed by atoms with van der Waals surface area (Å²) in [6, 6.07) is 0. The highest BCUT2D eigenvalue weighted by Crippen LogP contribution is 2.17. The summed E-state index contributed by atoms with van der Waals surface area (Å²) in [4.78, 5) is 11.6. The second-order valence-corrected chi connectivity index (χ2v) is 5.26. The van der Waals surface area contributed by atoms with Crippen molar-refractivity contribution in [1.82, 2.24) is 5.32 Å². The lowest BCUT2D eigenvalue weighted by Crippen LogP contribution is -2.30. The second kappa shape index (κ2) is 7.26. The molecule has 0 fully saturated rings. The lowest BCUT2D eigenvalue weighted by atomic mass is 9.92. The van der Waals surface area contributed by atoms with E-state index >= 15 is 0 Å². The van der Waals surface area contributed by atoms with Gasteiger partial charge in [0, 0.05) is 18.9 Å². The lowest BCUT2D eigenvalue weighted by molar-refractivity contribution is -0.122. The van der Waals surface area contributed by atoms with Crippen molar-refractivity contribution in [3.8, 4) is 0 Å². The molecule has 0 rings (SSSR count). The van der Waals surface area contributed by atoms with E-state index < -0.39 is 0 Å². The smallest absolute Gasteiger partial charge is 0.220 e. The number of carbonyl (C=O) groups is 1. The molecule has 0 bridgehead atoms. The van der Waals surface area contributed by atoms with E-state index in [9.17, 15) is 4.79 Å². The third kappa shape index (κ3) is 8.27. The Hall–Kier alpha value is -1.05. The molecule has 92 valence electrons. The molecule has 0 atom stereocenters. The predicted octanol–water partition coefficient (Wildman–Crippen LogP) is 3.31. The first kappa shape index (κ1) is 14.9. The van der Waals surface area contributed by atoms with Crippen LogP contribution in [0.15, 0.2) is 24.3 Å². The Labute approximate surface area is 99.8 Å². The van der Waals surface area contributed by atoms with Gasteiger partial charge in [-0.25, -0.2) is 0 Å². The van der Waals surface area contributed by atoms with Crippen LogP contribution in [0.5, 0.6) is 0 Å². The third-order valence-electron chi connectivity index (χ3n) is 2.11. The maximum Gasteiger partial charge on any atom is 0.220 e. The summed E-state index contributed by atoms with van der Waals surface area (Å²) in [5.41, 5.74) is 0.0563. The Morgan fingerprint density at radius 3 is 2.06 bits per heavy atom. The largest absolute Gasteiger partial charge is 0.355 e. The molecule has 0 aromatic heterocycles. The summed E-state index contributed by atoms with van der Waals surface area (Å²) >= 11 is 0. The van der Waals surface area contributed by atoms with Gasteiger partial charge in [0.05, 0.1) is 0 Å². The van der Waals surface area contributed by atoms with Crippen LogP contribution in [0.2, 0.25) is 0 Å². The highest BCUT2D eigenvalue weighted by atomic mass is 16.1. The molecule has 0 aliphatic heterocycles. The van der Waals surface area contributed by atoms with E-state index in [1.807, 2.05) is 26.0 Å². The van der Waals surface area contributed by atoms with Gasteiger partial charge < -0.3 is 5.32 Å². The van der Waals surface area contributed by atoms with E-state index in [2.05, 4.69) is 38.2 Å². The molecule has 0 radical (unpaired) electrons. The molecular weight excluding hydrogens is 198 g/mol. The van der Waals surface area contributed by atoms with E-state index in [-0.39, 0.29) is 11.3 Å². The number of allylic oxidation sites excluding steroid dienone is 2. The minimum Gasteiger partial charge on any atom is -0.355 e. The summed E-state index contributed by atoms with van der Waals surface area (Å²) in [6.07, 6.45) is 8.79. The molecule has 0 saturated heterocycles. The maximum atomic E-state index is 11.6. The SMILES string of the molecule is CC=CC(C=CC)CNC(=O)CC(C)(C)C. The number of hydrogen-bond acceptors (Lipinski definition) is 1. The van der Waals surface area contributed by atoms with E-state index in [1.54, 1.807) is 0 Å². The summed E-state index contributed by atoms with van der Waals surface area (Å²) in [6.45, 7) is 10.9. The zero-order valence-corrected chi connectivity index (χ0v) is 11.2. The molecule has 0 unspecified atom stereocenters. The molecule has 1 amide bonds. The summed E-state index contributed by atoms with van der Waals surface area (Å²) in [5, 5.41) is 2.97. The van der Waals surface area contributed by atoms with Crippen LogP contribution in [0.3, 0.4) is 0 Å². The second-order valence-electron chi connectivity index (χ2n) is 5.26. The Morgan fingerprint density at radius 1 is 1.19 bits per heavy atom. The van der Waals surface area contributed by atoms with Crippen LogP contribution < -0.4 is 5.32 Å². The van der Waals surface area contributed by atoms with E-state index in [0.29, 0.717) is 18.9 Å². The highest BCUT2D eigenvalue weighted by molar-refractivity contribution is 5.76. The number of amides is 1. The molecule has 1 N–H and O–H groups in total. The first-order chi connectivity index (χ1) is 7.39. The van der Waals surface area contributed by atoms with Crippen molar-refractivity contribution in [2.45, 2.75) is 41.0 Å². The zero-order valence-electron chi connectivity index (χ0n) is 11.2. The minimum atomic E-state index is 0.0563. The van der Waals surface area contributed by atoms with Gasteiger partial charge in [-0.3, -0.25) is 4.79 Å². The molecule has 0 aromatic rings. The fourth-order valence-corrected chi connectivity index (χ4v) is 1.47. The molecular formula is C14H25NO. The molecule has 16 heavy (non-hydrogen) atoms. The molecule has 0 heterocycles. The molecule has 0 spiro atoms. The van der Waals surface area contributed by atoms with Gasteiger partial charge in [0.25, 0.3) is 0 Å². The van der Waals surface area contributed by atoms with Crippen molar-refractivity contribution in [1.29, 1.82) is 0 Å². The number of nitrogens with one attached hydrogen (secondary N) is 1. The average Bonchev–Trinajstić information content (AvgIpc) is 2.12. The van der Waals surface area contributed by atoms with Crippen LogP contribution in [0.1, 0.15) is 41.0 Å². The monoisotopic (exact) mass is 223 g/mol. The number of carbonyl (C=O) groups excluding carboxylic acids is 1. The topological polar surface area (TPSA) is 29.1 Å². The number of rotatable bonds is 5. The van der Waals surface area contributed by atoms with Gasteiger partial charge >= 0.3 is 0 Å². The van der Waals surface area contributed by atoms with Crippen molar-refractivity contribution < 1.29 is 4.79 Å². The first-order valence-corrected chi connectivity index (χ1v) is 5.91. The van der Waals surface area contributed by atoms with Crippen molar-refractivity contribution in [3.05, 3.63) is 24.3 Å². The van der Waals surface area contributed by atoms with E-state index in [1.165, 1.54) is 0 Å². The fraction of sp³-hybridized carbons (Fsp3) is 0.643. The summed E-state index contributed by atoms with van der Waals surface area (Å²) in [7, 11) is 0. The third-order valence-corrected chi connectivity index (χ3v) is 2.11. The van der Waals surface area contributed by atoms with Gasteiger partial charge in [0.1, 0.15) is 0 Å². The van der Waals surface area contributed by atoms with Crippen LogP contribution in [-0.2, 0) is 4.79 Å². The molecule has 2 heteroatoms. The van der Waals surface area contributed by atoms with Gasteiger partial charge in [0.15, 0.2) is 0 Å². The van der Waals surface area contributed by atoms with Crippen LogP contribution in [-0.4, -0.2) is 12.5 Å². The zero-order chi connectivity index (χ0) is 12.6. The molecule has 0 saturated carbocycles. The fourth-order valence-electron chi connectivity index (χ4n) is 1.47. The summed E-state index contributed by atoms with van der Waals surface area (Å²) < 4.78 is 0. The lowest BCUT2D eigenvalue weighted by Gasteiger charge is -2.18. The average molecular weight is 223 g/mol. The van der Waals surface area contributed by atoms with Crippen molar-refractivity contribution >= 4 is 5.91 Å². The van der Waals surface area contributed by atoms with Crippen molar-refractivity contribution in [2.24, 2.45) is 11.3 Å². The molecule has 0 aromatic carbocycles. The van der Waals surface area contributed by atoms with Gasteiger partial charge in [-0.05, 0) is 19.3 Å². The number of hydrogen-bond donors (Lipinski definition) is 1. The van der Waals surface area contributed by atoms with E-state index in [4.69, 9.17) is 0 Å². The maximum absolute atomic E-state index is 11.6. The molecule has 0 aliphatic carbocycles. The van der Waals surface area contributed by atoms with E-state index in [0.717, 1.165) is 0 Å². The van der Waals surface area contributed by atoms with Gasteiger partial charge in [-0.2, -0.15) is 0 Å². The quantitative estimate of drug-likeness (QED) is 0.712. The standard InChI is InChI=1S/C14H25NO/c1-6-8-12(9-7-2)11-15-13(16)10-14(3,4)5/h6-9,12H,10-11H2,1-5H3,(H,15,16). The molecule has 2 nitrogen and oxygen atoms in total. The van der Waals surface area contributed by atoms with Crippen molar-refractivity contribution in [3.63, 3.8) is 0 Å². The van der Waals surface area contributed by atoms with Crippen LogP contribution in [0.4, 0.5) is 0 Å². The Balaban J connectivity index is 4.06. The Morgan fingerprint density at radius 2 is 1.69 bits per heavy atom.